The van der Waals surface area contributed by atoms with Crippen LogP contribution < -0.4 is 10.6 Å². The lowest BCUT2D eigenvalue weighted by Gasteiger charge is -2.14. The van der Waals surface area contributed by atoms with E-state index in [2.05, 4.69) is 43.4 Å². The average molecular weight is 363 g/mol. The zero-order valence-corrected chi connectivity index (χ0v) is 15.9. The van der Waals surface area contributed by atoms with E-state index in [1.54, 1.807) is 6.26 Å². The third-order valence-electron chi connectivity index (χ3n) is 4.92. The minimum absolute atomic E-state index is 0.0289. The van der Waals surface area contributed by atoms with Crippen LogP contribution in [0.25, 0.3) is 0 Å². The van der Waals surface area contributed by atoms with Gasteiger partial charge in [0.1, 0.15) is 0 Å². The normalized spacial score (nSPS) is 13.1. The average Bonchev–Trinajstić information content (AvgIpc) is 3.23. The first kappa shape index (κ1) is 18.9. The summed E-state index contributed by atoms with van der Waals surface area (Å²) >= 11 is 0. The highest BCUT2D eigenvalue weighted by Crippen LogP contribution is 2.20. The van der Waals surface area contributed by atoms with Crippen LogP contribution in [-0.4, -0.2) is 12.5 Å². The second-order valence-corrected chi connectivity index (χ2v) is 6.82. The van der Waals surface area contributed by atoms with E-state index < -0.39 is 0 Å². The summed E-state index contributed by atoms with van der Waals surface area (Å²) in [5.41, 5.74) is 3.23. The molecule has 4 heteroatoms. The highest BCUT2D eigenvalue weighted by molar-refractivity contribution is 5.91. The van der Waals surface area contributed by atoms with Crippen LogP contribution in [0.4, 0.5) is 5.69 Å². The molecule has 3 aromatic rings. The molecule has 1 aromatic heterocycles. The molecule has 0 saturated heterocycles. The van der Waals surface area contributed by atoms with Crippen LogP contribution in [0, 0.1) is 0 Å². The third kappa shape index (κ3) is 5.08. The van der Waals surface area contributed by atoms with E-state index in [9.17, 15) is 4.79 Å². The van der Waals surface area contributed by atoms with E-state index in [4.69, 9.17) is 4.42 Å². The van der Waals surface area contributed by atoms with Crippen LogP contribution in [0.3, 0.4) is 0 Å². The summed E-state index contributed by atoms with van der Waals surface area (Å²) in [6.07, 6.45) is 2.77. The standard InChI is InChI=1S/C23H26N2O2/c1-3-17(2)18-11-13-20(14-12-18)25-22(26)16-24-23(21-10-7-15-27-21)19-8-5-4-6-9-19/h4-15,17,23-24H,3,16H2,1-2H3,(H,25,26)/p+1/t17-,23+/m1/s1. The molecule has 0 aliphatic carbocycles. The molecule has 0 aliphatic rings. The molecule has 3 rings (SSSR count). The number of anilines is 1. The van der Waals surface area contributed by atoms with Crippen LogP contribution in [0.1, 0.15) is 49.1 Å². The molecule has 0 saturated carbocycles. The van der Waals surface area contributed by atoms with Gasteiger partial charge in [-0.2, -0.15) is 0 Å². The molecule has 0 unspecified atom stereocenters. The third-order valence-corrected chi connectivity index (χ3v) is 4.92. The first-order valence-corrected chi connectivity index (χ1v) is 9.49. The van der Waals surface area contributed by atoms with Gasteiger partial charge in [-0.15, -0.1) is 0 Å². The summed E-state index contributed by atoms with van der Waals surface area (Å²) in [4.78, 5) is 12.4. The molecule has 1 heterocycles. The molecule has 0 bridgehead atoms. The van der Waals surface area contributed by atoms with Crippen molar-refractivity contribution < 1.29 is 14.5 Å². The van der Waals surface area contributed by atoms with Crippen LogP contribution in [-0.2, 0) is 4.79 Å². The fourth-order valence-electron chi connectivity index (χ4n) is 3.11. The first-order chi connectivity index (χ1) is 13.2. The van der Waals surface area contributed by atoms with E-state index >= 15 is 0 Å². The van der Waals surface area contributed by atoms with Gasteiger partial charge in [0.05, 0.1) is 6.26 Å². The highest BCUT2D eigenvalue weighted by Gasteiger charge is 2.21. The maximum atomic E-state index is 12.4. The van der Waals surface area contributed by atoms with Crippen molar-refractivity contribution >= 4 is 11.6 Å². The zero-order chi connectivity index (χ0) is 19.1. The lowest BCUT2D eigenvalue weighted by Crippen LogP contribution is -2.87. The highest BCUT2D eigenvalue weighted by atomic mass is 16.3. The van der Waals surface area contributed by atoms with Crippen LogP contribution in [0.5, 0.6) is 0 Å². The fraction of sp³-hybridized carbons (Fsp3) is 0.261. The molecule has 27 heavy (non-hydrogen) atoms. The number of benzene rings is 2. The molecule has 0 spiro atoms. The van der Waals surface area contributed by atoms with Gasteiger partial charge in [-0.3, -0.25) is 4.79 Å². The van der Waals surface area contributed by atoms with Crippen molar-refractivity contribution in [3.8, 4) is 0 Å². The second kappa shape index (κ2) is 9.19. The monoisotopic (exact) mass is 363 g/mol. The van der Waals surface area contributed by atoms with E-state index in [0.717, 1.165) is 23.4 Å². The van der Waals surface area contributed by atoms with Crippen molar-refractivity contribution in [1.82, 2.24) is 0 Å². The van der Waals surface area contributed by atoms with Crippen molar-refractivity contribution in [3.63, 3.8) is 0 Å². The number of carbonyl (C=O) groups excluding carboxylic acids is 1. The van der Waals surface area contributed by atoms with E-state index in [1.165, 1.54) is 5.56 Å². The van der Waals surface area contributed by atoms with Crippen LogP contribution >= 0.6 is 0 Å². The number of carbonyl (C=O) groups is 1. The lowest BCUT2D eigenvalue weighted by molar-refractivity contribution is -0.678. The molecule has 2 atom stereocenters. The van der Waals surface area contributed by atoms with Crippen molar-refractivity contribution in [2.45, 2.75) is 32.2 Å². The second-order valence-electron chi connectivity index (χ2n) is 6.82. The molecule has 3 N–H and O–H groups in total. The molecule has 0 aliphatic heterocycles. The van der Waals surface area contributed by atoms with E-state index in [-0.39, 0.29) is 11.9 Å². The van der Waals surface area contributed by atoms with Gasteiger partial charge in [-0.25, -0.2) is 0 Å². The van der Waals surface area contributed by atoms with Gasteiger partial charge in [-0.1, -0.05) is 56.3 Å². The maximum absolute atomic E-state index is 12.4. The van der Waals surface area contributed by atoms with Crippen LogP contribution in [0.2, 0.25) is 0 Å². The van der Waals surface area contributed by atoms with Gasteiger partial charge in [0.2, 0.25) is 0 Å². The Balaban J connectivity index is 1.61. The van der Waals surface area contributed by atoms with Crippen molar-refractivity contribution in [1.29, 1.82) is 0 Å². The van der Waals surface area contributed by atoms with Gasteiger partial charge in [0.15, 0.2) is 18.3 Å². The van der Waals surface area contributed by atoms with E-state index in [1.807, 2.05) is 47.8 Å². The number of furan rings is 1. The summed E-state index contributed by atoms with van der Waals surface area (Å²) < 4.78 is 5.58. The van der Waals surface area contributed by atoms with Gasteiger partial charge in [0.25, 0.3) is 5.91 Å². The number of rotatable bonds is 8. The van der Waals surface area contributed by atoms with Gasteiger partial charge < -0.3 is 15.1 Å². The molecule has 2 aromatic carbocycles. The number of hydrogen-bond donors (Lipinski definition) is 2. The molecule has 1 amide bonds. The Morgan fingerprint density at radius 1 is 1.00 bits per heavy atom. The largest absolute Gasteiger partial charge is 0.463 e. The van der Waals surface area contributed by atoms with Crippen LogP contribution in [0.15, 0.2) is 77.4 Å². The Morgan fingerprint density at radius 2 is 1.74 bits per heavy atom. The number of amides is 1. The van der Waals surface area contributed by atoms with Gasteiger partial charge in [-0.05, 0) is 42.2 Å². The Kier molecular flexibility index (Phi) is 6.44. The quantitative estimate of drug-likeness (QED) is 0.633. The van der Waals surface area contributed by atoms with Gasteiger partial charge in [0, 0.05) is 11.3 Å². The topological polar surface area (TPSA) is 58.9 Å². The summed E-state index contributed by atoms with van der Waals surface area (Å²) in [5.74, 6) is 1.34. The fourth-order valence-corrected chi connectivity index (χ4v) is 3.11. The summed E-state index contributed by atoms with van der Waals surface area (Å²) in [6, 6.07) is 22.0. The Morgan fingerprint density at radius 3 is 2.37 bits per heavy atom. The smallest absolute Gasteiger partial charge is 0.279 e. The molecule has 140 valence electrons. The Labute approximate surface area is 160 Å². The number of nitrogens with two attached hydrogens (primary N) is 1. The lowest BCUT2D eigenvalue weighted by atomic mass is 9.99. The summed E-state index contributed by atoms with van der Waals surface area (Å²) in [7, 11) is 0. The number of hydrogen-bond acceptors (Lipinski definition) is 2. The van der Waals surface area contributed by atoms with Crippen molar-refractivity contribution in [2.75, 3.05) is 11.9 Å². The Bertz CT molecular complexity index is 827. The van der Waals surface area contributed by atoms with Crippen molar-refractivity contribution in [2.24, 2.45) is 0 Å². The van der Waals surface area contributed by atoms with Gasteiger partial charge >= 0.3 is 0 Å². The summed E-state index contributed by atoms with van der Waals surface area (Å²) in [5, 5.41) is 4.97. The predicted octanol–water partition coefficient (Wildman–Crippen LogP) is 4.08. The predicted molar refractivity (Wildman–Crippen MR) is 108 cm³/mol. The zero-order valence-electron chi connectivity index (χ0n) is 15.9. The summed E-state index contributed by atoms with van der Waals surface area (Å²) in [6.45, 7) is 4.70. The molecule has 0 radical (unpaired) electrons. The molecular weight excluding hydrogens is 336 g/mol. The maximum Gasteiger partial charge on any atom is 0.279 e. The minimum Gasteiger partial charge on any atom is -0.463 e. The number of quaternary nitrogens is 1. The number of nitrogens with one attached hydrogen (secondary N) is 1. The van der Waals surface area contributed by atoms with E-state index in [0.29, 0.717) is 12.5 Å². The molecule has 4 nitrogen and oxygen atoms in total. The Hall–Kier alpha value is -2.85. The molecular formula is C23H27N2O2+. The molecule has 0 fully saturated rings. The minimum atomic E-state index is -0.0419. The van der Waals surface area contributed by atoms with Crippen molar-refractivity contribution in [3.05, 3.63) is 89.9 Å². The SMILES string of the molecule is CC[C@@H](C)c1ccc(NC(=O)C[NH2+][C@@H](c2ccccc2)c2ccco2)cc1. The first-order valence-electron chi connectivity index (χ1n) is 9.49.